The lowest BCUT2D eigenvalue weighted by atomic mass is 10.1. The minimum absolute atomic E-state index is 0.0444. The smallest absolute Gasteiger partial charge is 0.260 e. The third-order valence-corrected chi connectivity index (χ3v) is 3.86. The first-order chi connectivity index (χ1) is 9.69. The summed E-state index contributed by atoms with van der Waals surface area (Å²) in [4.78, 5) is 14.5. The first-order valence-corrected chi connectivity index (χ1v) is 7.03. The molecule has 0 heterocycles. The molecule has 0 radical (unpaired) electrons. The van der Waals surface area contributed by atoms with Crippen LogP contribution in [0.3, 0.4) is 0 Å². The normalized spacial score (nSPS) is 15.3. The number of nitrogen functional groups attached to an aromatic ring is 1. The molecule has 0 unspecified atom stereocenters. The van der Waals surface area contributed by atoms with Gasteiger partial charge in [0.05, 0.1) is 13.7 Å². The summed E-state index contributed by atoms with van der Waals surface area (Å²) in [6, 6.07) is 5.38. The van der Waals surface area contributed by atoms with Gasteiger partial charge in [0, 0.05) is 18.3 Å². The second-order valence-electron chi connectivity index (χ2n) is 5.08. The SMILES string of the molecule is COc1cccc(N)c1C(=O)N(CCO)C1CCCC1. The van der Waals surface area contributed by atoms with Gasteiger partial charge in [-0.25, -0.2) is 0 Å². The van der Waals surface area contributed by atoms with Crippen LogP contribution in [0.25, 0.3) is 0 Å². The summed E-state index contributed by atoms with van der Waals surface area (Å²) >= 11 is 0. The van der Waals surface area contributed by atoms with Gasteiger partial charge < -0.3 is 20.5 Å². The molecule has 5 nitrogen and oxygen atoms in total. The fourth-order valence-electron chi connectivity index (χ4n) is 2.86. The van der Waals surface area contributed by atoms with E-state index in [1.807, 2.05) is 0 Å². The number of carbonyl (C=O) groups is 1. The minimum Gasteiger partial charge on any atom is -0.496 e. The molecule has 0 aromatic heterocycles. The second-order valence-corrected chi connectivity index (χ2v) is 5.08. The van der Waals surface area contributed by atoms with Crippen molar-refractivity contribution in [2.75, 3.05) is 26.0 Å². The number of hydrogen-bond donors (Lipinski definition) is 2. The van der Waals surface area contributed by atoms with Crippen molar-refractivity contribution in [1.82, 2.24) is 4.90 Å². The van der Waals surface area contributed by atoms with Crippen LogP contribution in [-0.4, -0.2) is 42.2 Å². The summed E-state index contributed by atoms with van der Waals surface area (Å²) in [5.41, 5.74) is 6.75. The number of nitrogens with zero attached hydrogens (tertiary/aromatic N) is 1. The molecule has 1 fully saturated rings. The Kier molecular flexibility index (Phi) is 4.84. The third-order valence-electron chi connectivity index (χ3n) is 3.86. The molecule has 1 saturated carbocycles. The van der Waals surface area contributed by atoms with Crippen LogP contribution >= 0.6 is 0 Å². The van der Waals surface area contributed by atoms with E-state index in [2.05, 4.69) is 0 Å². The van der Waals surface area contributed by atoms with Gasteiger partial charge in [-0.2, -0.15) is 0 Å². The highest BCUT2D eigenvalue weighted by molar-refractivity contribution is 6.02. The van der Waals surface area contributed by atoms with E-state index in [1.165, 1.54) is 7.11 Å². The monoisotopic (exact) mass is 278 g/mol. The topological polar surface area (TPSA) is 75.8 Å². The largest absolute Gasteiger partial charge is 0.496 e. The third kappa shape index (κ3) is 2.88. The number of nitrogens with two attached hydrogens (primary N) is 1. The van der Waals surface area contributed by atoms with Crippen LogP contribution in [0.2, 0.25) is 0 Å². The van der Waals surface area contributed by atoms with Gasteiger partial charge in [-0.1, -0.05) is 18.9 Å². The quantitative estimate of drug-likeness (QED) is 0.803. The van der Waals surface area contributed by atoms with Crippen LogP contribution in [0.1, 0.15) is 36.0 Å². The van der Waals surface area contributed by atoms with Gasteiger partial charge in [0.15, 0.2) is 0 Å². The highest BCUT2D eigenvalue weighted by Gasteiger charge is 2.29. The molecule has 1 aliphatic rings. The van der Waals surface area contributed by atoms with Gasteiger partial charge in [0.2, 0.25) is 0 Å². The number of aliphatic hydroxyl groups excluding tert-OH is 1. The Balaban J connectivity index is 2.31. The predicted octanol–water partition coefficient (Wildman–Crippen LogP) is 1.65. The average molecular weight is 278 g/mol. The molecule has 0 aliphatic heterocycles. The van der Waals surface area contributed by atoms with Gasteiger partial charge in [-0.05, 0) is 25.0 Å². The Bertz CT molecular complexity index is 470. The van der Waals surface area contributed by atoms with E-state index in [1.54, 1.807) is 23.1 Å². The molecule has 1 aromatic carbocycles. The van der Waals surface area contributed by atoms with Gasteiger partial charge in [0.25, 0.3) is 5.91 Å². The fourth-order valence-corrected chi connectivity index (χ4v) is 2.86. The summed E-state index contributed by atoms with van der Waals surface area (Å²) in [7, 11) is 1.53. The fraction of sp³-hybridized carbons (Fsp3) is 0.533. The minimum atomic E-state index is -0.152. The number of benzene rings is 1. The molecule has 2 rings (SSSR count). The Labute approximate surface area is 119 Å². The van der Waals surface area contributed by atoms with E-state index >= 15 is 0 Å². The first kappa shape index (κ1) is 14.7. The molecule has 1 aromatic rings. The van der Waals surface area contributed by atoms with Crippen molar-refractivity contribution in [3.8, 4) is 5.75 Å². The zero-order chi connectivity index (χ0) is 14.5. The average Bonchev–Trinajstić information content (AvgIpc) is 2.97. The Morgan fingerprint density at radius 3 is 2.75 bits per heavy atom. The van der Waals surface area contributed by atoms with Gasteiger partial charge in [-0.15, -0.1) is 0 Å². The van der Waals surface area contributed by atoms with Crippen molar-refractivity contribution < 1.29 is 14.6 Å². The van der Waals surface area contributed by atoms with E-state index in [-0.39, 0.29) is 18.6 Å². The van der Waals surface area contributed by atoms with E-state index < -0.39 is 0 Å². The lowest BCUT2D eigenvalue weighted by Crippen LogP contribution is -2.41. The summed E-state index contributed by atoms with van der Waals surface area (Å²) < 4.78 is 5.25. The van der Waals surface area contributed by atoms with E-state index in [4.69, 9.17) is 10.5 Å². The summed E-state index contributed by atoms with van der Waals surface area (Å²) in [5, 5.41) is 9.23. The van der Waals surface area contributed by atoms with Crippen molar-refractivity contribution in [1.29, 1.82) is 0 Å². The van der Waals surface area contributed by atoms with E-state index in [9.17, 15) is 9.90 Å². The van der Waals surface area contributed by atoms with Crippen LogP contribution in [0.5, 0.6) is 5.75 Å². The number of rotatable bonds is 5. The highest BCUT2D eigenvalue weighted by Crippen LogP contribution is 2.30. The lowest BCUT2D eigenvalue weighted by molar-refractivity contribution is 0.0636. The number of ether oxygens (including phenoxy) is 1. The van der Waals surface area contributed by atoms with Crippen LogP contribution in [0.4, 0.5) is 5.69 Å². The number of anilines is 1. The zero-order valence-corrected chi connectivity index (χ0v) is 11.8. The number of amides is 1. The van der Waals surface area contributed by atoms with Gasteiger partial charge in [0.1, 0.15) is 11.3 Å². The van der Waals surface area contributed by atoms with Crippen molar-refractivity contribution in [2.24, 2.45) is 0 Å². The van der Waals surface area contributed by atoms with Gasteiger partial charge in [-0.3, -0.25) is 4.79 Å². The van der Waals surface area contributed by atoms with Crippen molar-refractivity contribution in [3.05, 3.63) is 23.8 Å². The number of hydrogen-bond acceptors (Lipinski definition) is 4. The molecule has 1 amide bonds. The molecular formula is C15H22N2O3. The first-order valence-electron chi connectivity index (χ1n) is 7.03. The van der Waals surface area contributed by atoms with Crippen LogP contribution in [0, 0.1) is 0 Å². The van der Waals surface area contributed by atoms with E-state index in [0.29, 0.717) is 23.5 Å². The predicted molar refractivity (Wildman–Crippen MR) is 77.8 cm³/mol. The summed E-state index contributed by atoms with van der Waals surface area (Å²) in [6.45, 7) is 0.290. The Hall–Kier alpha value is -1.75. The molecule has 3 N–H and O–H groups in total. The molecule has 0 saturated heterocycles. The number of aliphatic hydroxyl groups is 1. The molecule has 5 heteroatoms. The maximum atomic E-state index is 12.8. The maximum Gasteiger partial charge on any atom is 0.260 e. The van der Waals surface area contributed by atoms with Gasteiger partial charge >= 0.3 is 0 Å². The van der Waals surface area contributed by atoms with Crippen LogP contribution in [0.15, 0.2) is 18.2 Å². The summed E-state index contributed by atoms with van der Waals surface area (Å²) in [6.07, 6.45) is 4.23. The number of carbonyl (C=O) groups excluding carboxylic acids is 1. The summed E-state index contributed by atoms with van der Waals surface area (Å²) in [5.74, 6) is 0.330. The maximum absolute atomic E-state index is 12.8. The second kappa shape index (κ2) is 6.61. The zero-order valence-electron chi connectivity index (χ0n) is 11.8. The van der Waals surface area contributed by atoms with Crippen LogP contribution in [-0.2, 0) is 0 Å². The van der Waals surface area contributed by atoms with Crippen LogP contribution < -0.4 is 10.5 Å². The molecule has 20 heavy (non-hydrogen) atoms. The molecule has 0 atom stereocenters. The van der Waals surface area contributed by atoms with E-state index in [0.717, 1.165) is 25.7 Å². The Morgan fingerprint density at radius 2 is 2.15 bits per heavy atom. The highest BCUT2D eigenvalue weighted by atomic mass is 16.5. The molecule has 110 valence electrons. The Morgan fingerprint density at radius 1 is 1.45 bits per heavy atom. The van der Waals surface area contributed by atoms with Crippen molar-refractivity contribution >= 4 is 11.6 Å². The molecule has 1 aliphatic carbocycles. The lowest BCUT2D eigenvalue weighted by Gasteiger charge is -2.29. The van der Waals surface area contributed by atoms with Crippen molar-refractivity contribution in [2.45, 2.75) is 31.7 Å². The van der Waals surface area contributed by atoms with Crippen molar-refractivity contribution in [3.63, 3.8) is 0 Å². The number of methoxy groups -OCH3 is 1. The standard InChI is InChI=1S/C15H22N2O3/c1-20-13-8-4-7-12(16)14(13)15(19)17(9-10-18)11-5-2-3-6-11/h4,7-8,11,18H,2-3,5-6,9-10,16H2,1H3. The molecule has 0 bridgehead atoms. The molecule has 0 spiro atoms. The molecular weight excluding hydrogens is 256 g/mol.